The highest BCUT2D eigenvalue weighted by Gasteiger charge is 2.45. The number of hydrogen-bond donors (Lipinski definition) is 5. The molecule has 0 spiro atoms. The number of alkyl carbamates (subject to hydrolysis) is 2. The minimum absolute atomic E-state index is 0.0687. The third-order valence-electron chi connectivity index (χ3n) is 12.2. The molecule has 1 saturated heterocycles. The first kappa shape index (κ1) is 43.1. The number of fused-ring (bicyclic) bond motifs is 4. The molecular weight excluding hydrogens is 807 g/mol. The van der Waals surface area contributed by atoms with Crippen LogP contribution in [0, 0.1) is 11.8 Å². The fourth-order valence-corrected chi connectivity index (χ4v) is 8.73. The number of carbonyl (C=O) groups excluding carboxylic acids is 3. The molecule has 0 radical (unpaired) electrons. The summed E-state index contributed by atoms with van der Waals surface area (Å²) in [6.45, 7) is 9.13. The number of amides is 3. The monoisotopic (exact) mass is 858 g/mol. The van der Waals surface area contributed by atoms with Crippen LogP contribution >= 0.6 is 0 Å². The van der Waals surface area contributed by atoms with Crippen LogP contribution in [0.2, 0.25) is 0 Å². The van der Waals surface area contributed by atoms with Gasteiger partial charge in [-0.1, -0.05) is 88.4 Å². The van der Waals surface area contributed by atoms with Gasteiger partial charge < -0.3 is 40.3 Å². The molecule has 3 amide bonds. The maximum absolute atomic E-state index is 16.6. The third kappa shape index (κ3) is 8.49. The summed E-state index contributed by atoms with van der Waals surface area (Å²) in [5.74, 6) is -1.98. The third-order valence-corrected chi connectivity index (χ3v) is 12.2. The maximum Gasteiger partial charge on any atom is 0.407 e. The first-order valence-corrected chi connectivity index (χ1v) is 21.3. The SMILES string of the molecule is COC(=O)N[C@@H](C(=O)N1CCC[C@H]1c1nc2ccc(-c3ccc4c(c3)C(F)(F)c3cc(-c5cnc([C@@H](NC[C@@H](NC(=O)OC)C(C)C)C(C)C)[nH]5)ccc3-4)cc2[nH]1)c1ccccc1. The number of hydrogen-bond acceptors (Lipinski definition) is 8. The summed E-state index contributed by atoms with van der Waals surface area (Å²) in [6, 6.07) is 23.3. The Bertz CT molecular complexity index is 2640. The van der Waals surface area contributed by atoms with Crippen LogP contribution in [-0.2, 0) is 20.2 Å². The van der Waals surface area contributed by atoms with E-state index in [9.17, 15) is 14.4 Å². The predicted molar refractivity (Wildman–Crippen MR) is 236 cm³/mol. The van der Waals surface area contributed by atoms with Gasteiger partial charge in [0.15, 0.2) is 0 Å². The van der Waals surface area contributed by atoms with Gasteiger partial charge in [0, 0.05) is 35.8 Å². The van der Waals surface area contributed by atoms with E-state index in [4.69, 9.17) is 14.5 Å². The van der Waals surface area contributed by atoms with Crippen molar-refractivity contribution in [2.45, 2.75) is 70.6 Å². The Morgan fingerprint density at radius 1 is 0.825 bits per heavy atom. The second-order valence-corrected chi connectivity index (χ2v) is 16.9. The standard InChI is InChI=1S/C48H52F2N8O5/c1-26(2)38(56-46(60)62-5)24-51-41(27(3)4)44-52-25-39(55-44)31-15-18-33-32-17-14-29(21-34(32)48(49,50)35(33)22-31)30-16-19-36-37(23-30)54-43(53-36)40-13-10-20-58(40)45(59)42(57-47(61)63-6)28-11-8-7-9-12-28/h7-9,11-12,14-19,21-23,25-27,38,40-42,51H,10,13,20,24H2,1-6H3,(H,52,55)(H,53,54)(H,56,60)(H,57,61)/t38-,40+,41+,42-/m1/s1. The minimum atomic E-state index is -3.26. The zero-order valence-corrected chi connectivity index (χ0v) is 36.1. The van der Waals surface area contributed by atoms with E-state index in [0.29, 0.717) is 75.7 Å². The molecule has 3 heterocycles. The largest absolute Gasteiger partial charge is 0.453 e. The smallest absolute Gasteiger partial charge is 0.407 e. The average Bonchev–Trinajstić information content (AvgIpc) is 4.10. The first-order valence-electron chi connectivity index (χ1n) is 21.3. The summed E-state index contributed by atoms with van der Waals surface area (Å²) in [5.41, 5.74) is 5.41. The van der Waals surface area contributed by atoms with Crippen molar-refractivity contribution in [2.75, 3.05) is 27.3 Å². The number of carbonyl (C=O) groups is 3. The van der Waals surface area contributed by atoms with Gasteiger partial charge in [-0.3, -0.25) is 4.79 Å². The van der Waals surface area contributed by atoms with E-state index in [1.54, 1.807) is 47.5 Å². The van der Waals surface area contributed by atoms with Crippen molar-refractivity contribution in [1.29, 1.82) is 0 Å². The van der Waals surface area contributed by atoms with Gasteiger partial charge in [-0.25, -0.2) is 19.6 Å². The van der Waals surface area contributed by atoms with Crippen LogP contribution in [0.25, 0.3) is 44.5 Å². The van der Waals surface area contributed by atoms with Gasteiger partial charge in [0.25, 0.3) is 11.8 Å². The summed E-state index contributed by atoms with van der Waals surface area (Å²) >= 11 is 0. The lowest BCUT2D eigenvalue weighted by Gasteiger charge is -2.28. The molecule has 6 aromatic rings. The van der Waals surface area contributed by atoms with E-state index in [1.165, 1.54) is 14.2 Å². The lowest BCUT2D eigenvalue weighted by Crippen LogP contribution is -2.46. The molecule has 1 fully saturated rings. The van der Waals surface area contributed by atoms with Crippen LogP contribution < -0.4 is 16.0 Å². The molecular formula is C48H52F2N8O5. The van der Waals surface area contributed by atoms with Crippen molar-refractivity contribution in [1.82, 2.24) is 40.8 Å². The molecule has 2 aliphatic rings. The number of nitrogens with zero attached hydrogens (tertiary/aromatic N) is 3. The number of halogens is 2. The number of alkyl halides is 2. The molecule has 63 heavy (non-hydrogen) atoms. The number of aromatic nitrogens is 4. The number of methoxy groups -OCH3 is 2. The van der Waals surface area contributed by atoms with E-state index < -0.39 is 24.2 Å². The molecule has 1 aliphatic carbocycles. The Hall–Kier alpha value is -6.61. The van der Waals surface area contributed by atoms with Gasteiger partial charge in [0.05, 0.1) is 49.2 Å². The highest BCUT2D eigenvalue weighted by atomic mass is 19.3. The fraction of sp³-hybridized carbons (Fsp3) is 0.354. The van der Waals surface area contributed by atoms with Crippen molar-refractivity contribution in [3.63, 3.8) is 0 Å². The summed E-state index contributed by atoms with van der Waals surface area (Å²) in [6.07, 6.45) is 1.89. The van der Waals surface area contributed by atoms with Crippen molar-refractivity contribution >= 4 is 29.1 Å². The zero-order chi connectivity index (χ0) is 44.6. The molecule has 8 rings (SSSR count). The molecule has 0 unspecified atom stereocenters. The van der Waals surface area contributed by atoms with Crippen LogP contribution in [-0.4, -0.2) is 76.3 Å². The first-order chi connectivity index (χ1) is 30.3. The van der Waals surface area contributed by atoms with Crippen LogP contribution in [0.15, 0.2) is 91.1 Å². The predicted octanol–water partition coefficient (Wildman–Crippen LogP) is 9.17. The topological polar surface area (TPSA) is 166 Å². The summed E-state index contributed by atoms with van der Waals surface area (Å²) < 4.78 is 42.7. The van der Waals surface area contributed by atoms with E-state index in [1.807, 2.05) is 62.4 Å². The quantitative estimate of drug-likeness (QED) is 0.0767. The number of H-pyrrole nitrogens is 2. The van der Waals surface area contributed by atoms with E-state index in [0.717, 1.165) is 12.0 Å². The highest BCUT2D eigenvalue weighted by molar-refractivity contribution is 5.89. The van der Waals surface area contributed by atoms with Crippen molar-refractivity contribution in [2.24, 2.45) is 11.8 Å². The van der Waals surface area contributed by atoms with Crippen molar-refractivity contribution < 1.29 is 32.6 Å². The van der Waals surface area contributed by atoms with Gasteiger partial charge in [-0.15, -0.1) is 0 Å². The molecule has 0 saturated carbocycles. The van der Waals surface area contributed by atoms with Gasteiger partial charge in [0.1, 0.15) is 17.7 Å². The van der Waals surface area contributed by atoms with Crippen LogP contribution in [0.4, 0.5) is 18.4 Å². The van der Waals surface area contributed by atoms with Gasteiger partial charge >= 0.3 is 12.2 Å². The Kier molecular flexibility index (Phi) is 12.1. The van der Waals surface area contributed by atoms with Crippen LogP contribution in [0.3, 0.4) is 0 Å². The number of nitrogens with one attached hydrogen (secondary N) is 5. The van der Waals surface area contributed by atoms with E-state index in [2.05, 4.69) is 44.7 Å². The molecule has 0 bridgehead atoms. The Labute approximate surface area is 364 Å². The van der Waals surface area contributed by atoms with Crippen LogP contribution in [0.1, 0.15) is 87.0 Å². The number of benzene rings is 4. The highest BCUT2D eigenvalue weighted by Crippen LogP contribution is 2.53. The van der Waals surface area contributed by atoms with Gasteiger partial charge in [0.2, 0.25) is 0 Å². The lowest BCUT2D eigenvalue weighted by molar-refractivity contribution is -0.134. The molecule has 1 aliphatic heterocycles. The molecule has 4 aromatic carbocycles. The molecule has 5 N–H and O–H groups in total. The summed E-state index contributed by atoms with van der Waals surface area (Å²) in [4.78, 5) is 56.3. The van der Waals surface area contributed by atoms with E-state index in [-0.39, 0.29) is 47.0 Å². The summed E-state index contributed by atoms with van der Waals surface area (Å²) in [5, 5.41) is 9.09. The fourth-order valence-electron chi connectivity index (χ4n) is 8.73. The Balaban J connectivity index is 1.01. The zero-order valence-electron chi connectivity index (χ0n) is 36.1. The molecule has 328 valence electrons. The average molecular weight is 859 g/mol. The molecule has 2 aromatic heterocycles. The molecule has 13 nitrogen and oxygen atoms in total. The Morgan fingerprint density at radius 3 is 2.16 bits per heavy atom. The Morgan fingerprint density at radius 2 is 1.48 bits per heavy atom. The van der Waals surface area contributed by atoms with E-state index >= 15 is 8.78 Å². The molecule has 4 atom stereocenters. The number of imidazole rings is 2. The van der Waals surface area contributed by atoms with Crippen molar-refractivity contribution in [3.05, 3.63) is 119 Å². The van der Waals surface area contributed by atoms with Crippen molar-refractivity contribution in [3.8, 4) is 33.5 Å². The second kappa shape index (κ2) is 17.6. The lowest BCUT2D eigenvalue weighted by atomic mass is 9.98. The van der Waals surface area contributed by atoms with Gasteiger partial charge in [-0.05, 0) is 76.8 Å². The maximum atomic E-state index is 16.6. The number of ether oxygens (including phenoxy) is 2. The number of rotatable bonds is 13. The second-order valence-electron chi connectivity index (χ2n) is 16.9. The minimum Gasteiger partial charge on any atom is -0.453 e. The van der Waals surface area contributed by atoms with Crippen LogP contribution in [0.5, 0.6) is 0 Å². The number of likely N-dealkylation sites (tertiary alicyclic amines) is 1. The molecule has 15 heteroatoms. The normalized spacial score (nSPS) is 16.7. The van der Waals surface area contributed by atoms with Gasteiger partial charge in [-0.2, -0.15) is 8.78 Å². The number of aromatic amines is 2. The summed E-state index contributed by atoms with van der Waals surface area (Å²) in [7, 11) is 2.59.